The van der Waals surface area contributed by atoms with E-state index in [0.717, 1.165) is 34.5 Å². The molecule has 0 amide bonds. The van der Waals surface area contributed by atoms with Crippen molar-refractivity contribution >= 4 is 27.9 Å². The zero-order valence-corrected chi connectivity index (χ0v) is 24.1. The highest BCUT2D eigenvalue weighted by molar-refractivity contribution is 7.15. The second kappa shape index (κ2) is 9.41. The SMILES string of the molecule is C[C@]12C=CC(=O)C=C1CC[C@@H]1[C@@H]2[C@@H](O)C[C@@]2(C)[C@H]1C[C@H]1O[C@@H](c3ccc(Cc4ncc(N)s4)cc3)O[C@]12C(=O)CO. The van der Waals surface area contributed by atoms with Crippen LogP contribution in [0.1, 0.15) is 62.0 Å². The Labute approximate surface area is 243 Å². The van der Waals surface area contributed by atoms with Gasteiger partial charge in [-0.1, -0.05) is 49.8 Å². The molecule has 4 aliphatic carbocycles. The molecule has 1 aromatic carbocycles. The third kappa shape index (κ3) is 3.82. The Morgan fingerprint density at radius 1 is 1.24 bits per heavy atom. The van der Waals surface area contributed by atoms with Crippen LogP contribution in [0.3, 0.4) is 0 Å². The number of ether oxygens (including phenoxy) is 2. The maximum atomic E-state index is 13.7. The average Bonchev–Trinajstić information content (AvgIpc) is 3.60. The standard InChI is InChI=1S/C32H36N2O6S/c1-30-10-9-20(36)12-19(30)7-8-21-22-13-25-32(24(38)16-35,31(22,2)14-23(37)28(21)30)40-29(39-25)18-5-3-17(4-6-18)11-27-34-15-26(33)41-27/h3-6,9-10,12,15,21-23,25,28-29,35,37H,7-8,11,13-14,16,33H2,1-2H3/t21-,22-,23-,25+,28+,29+,30-,31-,32+/m0/s1. The molecule has 4 fully saturated rings. The average molecular weight is 577 g/mol. The van der Waals surface area contributed by atoms with Crippen molar-refractivity contribution in [1.82, 2.24) is 4.98 Å². The monoisotopic (exact) mass is 576 g/mol. The Bertz CT molecular complexity index is 1470. The van der Waals surface area contributed by atoms with E-state index in [1.165, 1.54) is 11.3 Å². The van der Waals surface area contributed by atoms with Crippen molar-refractivity contribution < 1.29 is 29.3 Å². The van der Waals surface area contributed by atoms with Crippen molar-refractivity contribution in [3.8, 4) is 0 Å². The van der Waals surface area contributed by atoms with Gasteiger partial charge < -0.3 is 25.4 Å². The summed E-state index contributed by atoms with van der Waals surface area (Å²) >= 11 is 1.47. The van der Waals surface area contributed by atoms with E-state index in [0.29, 0.717) is 24.3 Å². The van der Waals surface area contributed by atoms with Crippen molar-refractivity contribution in [3.63, 3.8) is 0 Å². The predicted molar refractivity (Wildman–Crippen MR) is 153 cm³/mol. The minimum Gasteiger partial charge on any atom is -0.393 e. The number of hydrogen-bond donors (Lipinski definition) is 3. The van der Waals surface area contributed by atoms with Gasteiger partial charge in [0.2, 0.25) is 0 Å². The Morgan fingerprint density at radius 2 is 2.02 bits per heavy atom. The molecule has 1 aliphatic heterocycles. The van der Waals surface area contributed by atoms with Crippen LogP contribution in [0.25, 0.3) is 0 Å². The van der Waals surface area contributed by atoms with Gasteiger partial charge >= 0.3 is 0 Å². The summed E-state index contributed by atoms with van der Waals surface area (Å²) in [5, 5.41) is 23.6. The van der Waals surface area contributed by atoms with E-state index in [2.05, 4.69) is 11.9 Å². The highest BCUT2D eigenvalue weighted by Gasteiger charge is 2.75. The predicted octanol–water partition coefficient (Wildman–Crippen LogP) is 3.92. The molecule has 9 atom stereocenters. The fraction of sp³-hybridized carbons (Fsp3) is 0.531. The van der Waals surface area contributed by atoms with E-state index in [1.807, 2.05) is 37.3 Å². The fourth-order valence-corrected chi connectivity index (χ4v) is 9.93. The number of aromatic nitrogens is 1. The molecule has 7 rings (SSSR count). The third-order valence-electron chi connectivity index (χ3n) is 11.0. The summed E-state index contributed by atoms with van der Waals surface area (Å²) in [6.45, 7) is 3.53. The number of hydrogen-bond acceptors (Lipinski definition) is 9. The fourth-order valence-electron chi connectivity index (χ4n) is 9.21. The Kier molecular flexibility index (Phi) is 6.23. The number of anilines is 1. The number of carbonyl (C=O) groups is 2. The number of carbonyl (C=O) groups excluding carboxylic acids is 2. The van der Waals surface area contributed by atoms with E-state index < -0.39 is 41.5 Å². The zero-order valence-electron chi connectivity index (χ0n) is 23.3. The molecule has 1 aromatic heterocycles. The van der Waals surface area contributed by atoms with Crippen LogP contribution in [0.15, 0.2) is 54.3 Å². The van der Waals surface area contributed by atoms with Crippen molar-refractivity contribution in [3.05, 3.63) is 70.4 Å². The molecule has 2 heterocycles. The number of benzene rings is 1. The highest BCUT2D eigenvalue weighted by atomic mass is 32.1. The lowest BCUT2D eigenvalue weighted by atomic mass is 9.46. The van der Waals surface area contributed by atoms with E-state index in [4.69, 9.17) is 15.2 Å². The first-order valence-electron chi connectivity index (χ1n) is 14.5. The zero-order chi connectivity index (χ0) is 28.7. The van der Waals surface area contributed by atoms with E-state index in [9.17, 15) is 19.8 Å². The van der Waals surface area contributed by atoms with E-state index >= 15 is 0 Å². The van der Waals surface area contributed by atoms with Crippen molar-refractivity contribution in [2.45, 2.75) is 70.1 Å². The van der Waals surface area contributed by atoms with Gasteiger partial charge in [0.05, 0.1) is 23.4 Å². The first kappa shape index (κ1) is 27.2. The van der Waals surface area contributed by atoms with Crippen molar-refractivity contribution in [2.75, 3.05) is 12.3 Å². The number of Topliss-reactive ketones (excluding diaryl/α,β-unsaturated/α-hetero) is 1. The maximum absolute atomic E-state index is 13.7. The van der Waals surface area contributed by atoms with Crippen LogP contribution in [-0.2, 0) is 25.5 Å². The Balaban J connectivity index is 1.18. The maximum Gasteiger partial charge on any atom is 0.193 e. The van der Waals surface area contributed by atoms with Crippen LogP contribution in [0, 0.1) is 28.6 Å². The Hall–Kier alpha value is -2.69. The largest absolute Gasteiger partial charge is 0.393 e. The van der Waals surface area contributed by atoms with Gasteiger partial charge in [-0.25, -0.2) is 4.98 Å². The summed E-state index contributed by atoms with van der Waals surface area (Å²) in [5.41, 5.74) is 6.31. The second-order valence-corrected chi connectivity index (χ2v) is 14.1. The van der Waals surface area contributed by atoms with E-state index in [1.54, 1.807) is 18.3 Å². The first-order valence-corrected chi connectivity index (χ1v) is 15.3. The molecule has 8 nitrogen and oxygen atoms in total. The lowest BCUT2D eigenvalue weighted by Gasteiger charge is -2.59. The lowest BCUT2D eigenvalue weighted by molar-refractivity contribution is -0.201. The molecule has 4 N–H and O–H groups in total. The molecule has 0 bridgehead atoms. The normalized spacial score (nSPS) is 40.9. The molecular weight excluding hydrogens is 540 g/mol. The summed E-state index contributed by atoms with van der Waals surface area (Å²) in [7, 11) is 0. The van der Waals surface area contributed by atoms with Crippen LogP contribution in [-0.4, -0.2) is 51.2 Å². The smallest absolute Gasteiger partial charge is 0.193 e. The number of fused-ring (bicyclic) bond motifs is 7. The van der Waals surface area contributed by atoms with Gasteiger partial charge in [-0.2, -0.15) is 0 Å². The molecule has 0 radical (unpaired) electrons. The molecule has 41 heavy (non-hydrogen) atoms. The Morgan fingerprint density at radius 3 is 2.73 bits per heavy atom. The van der Waals surface area contributed by atoms with Crippen LogP contribution in [0.5, 0.6) is 0 Å². The first-order chi connectivity index (χ1) is 19.6. The van der Waals surface area contributed by atoms with Crippen molar-refractivity contribution in [1.29, 1.82) is 0 Å². The van der Waals surface area contributed by atoms with Crippen LogP contribution < -0.4 is 5.73 Å². The number of nitrogen functional groups attached to an aromatic ring is 1. The summed E-state index contributed by atoms with van der Waals surface area (Å²) in [6.07, 6.45) is 8.29. The minimum absolute atomic E-state index is 0.00251. The van der Waals surface area contributed by atoms with Gasteiger partial charge in [-0.05, 0) is 55.2 Å². The summed E-state index contributed by atoms with van der Waals surface area (Å²) in [6, 6.07) is 7.91. The number of nitrogens with zero attached hydrogens (tertiary/aromatic N) is 1. The minimum atomic E-state index is -1.35. The number of nitrogens with two attached hydrogens (primary N) is 1. The number of rotatable bonds is 5. The summed E-state index contributed by atoms with van der Waals surface area (Å²) < 4.78 is 13.2. The molecule has 9 heteroatoms. The molecular formula is C32H36N2O6S. The van der Waals surface area contributed by atoms with Gasteiger partial charge in [-0.3, -0.25) is 9.59 Å². The highest BCUT2D eigenvalue weighted by Crippen LogP contribution is 2.70. The van der Waals surface area contributed by atoms with Gasteiger partial charge in [0.25, 0.3) is 0 Å². The molecule has 1 saturated heterocycles. The number of allylic oxidation sites excluding steroid dienone is 4. The van der Waals surface area contributed by atoms with Gasteiger partial charge in [0.1, 0.15) is 11.6 Å². The summed E-state index contributed by atoms with van der Waals surface area (Å²) in [5.74, 6) is -0.258. The molecule has 216 valence electrons. The number of ketones is 2. The van der Waals surface area contributed by atoms with E-state index in [-0.39, 0.29) is 29.3 Å². The number of aliphatic hydroxyl groups excluding tert-OH is 2. The molecule has 0 spiro atoms. The molecule has 3 saturated carbocycles. The number of aliphatic hydroxyl groups is 2. The molecule has 0 unspecified atom stereocenters. The molecule has 2 aromatic rings. The lowest BCUT2D eigenvalue weighted by Crippen LogP contribution is -2.63. The van der Waals surface area contributed by atoms with Gasteiger partial charge in [0, 0.05) is 28.7 Å². The van der Waals surface area contributed by atoms with Gasteiger partial charge in [-0.15, -0.1) is 11.3 Å². The third-order valence-corrected chi connectivity index (χ3v) is 11.8. The van der Waals surface area contributed by atoms with Crippen LogP contribution >= 0.6 is 11.3 Å². The van der Waals surface area contributed by atoms with Gasteiger partial charge in [0.15, 0.2) is 23.5 Å². The van der Waals surface area contributed by atoms with Crippen LogP contribution in [0.4, 0.5) is 5.00 Å². The van der Waals surface area contributed by atoms with Crippen molar-refractivity contribution in [2.24, 2.45) is 28.6 Å². The second-order valence-electron chi connectivity index (χ2n) is 12.9. The summed E-state index contributed by atoms with van der Waals surface area (Å²) in [4.78, 5) is 30.2. The number of thiazole rings is 1. The van der Waals surface area contributed by atoms with Crippen LogP contribution in [0.2, 0.25) is 0 Å². The quantitative estimate of drug-likeness (QED) is 0.488. The topological polar surface area (TPSA) is 132 Å². The molecule has 5 aliphatic rings.